The van der Waals surface area contributed by atoms with Crippen LogP contribution in [0.3, 0.4) is 0 Å². The molecule has 0 aromatic rings. The normalized spacial score (nSPS) is 11.8. The molecule has 3 amide bonds. The van der Waals surface area contributed by atoms with Crippen LogP contribution in [-0.4, -0.2) is 70.6 Å². The van der Waals surface area contributed by atoms with E-state index in [1.54, 1.807) is 0 Å². The lowest BCUT2D eigenvalue weighted by atomic mass is 9.90. The molecule has 0 heterocycles. The van der Waals surface area contributed by atoms with Gasteiger partial charge < -0.3 is 30.2 Å². The minimum Gasteiger partial charge on any atom is -0.449 e. The van der Waals surface area contributed by atoms with Gasteiger partial charge in [-0.1, -0.05) is 147 Å². The zero-order valence-corrected chi connectivity index (χ0v) is 34.9. The fourth-order valence-electron chi connectivity index (χ4n) is 3.14. The molecule has 0 aliphatic carbocycles. The second kappa shape index (κ2) is 28.6. The molecule has 0 aromatic carbocycles. The van der Waals surface area contributed by atoms with Crippen molar-refractivity contribution in [3.05, 3.63) is 0 Å². The van der Waals surface area contributed by atoms with Gasteiger partial charge in [0.2, 0.25) is 11.8 Å². The van der Waals surface area contributed by atoms with Gasteiger partial charge in [-0.05, 0) is 47.3 Å². The SMILES string of the molecule is C.C.C.CC(C)(C)CCCNC(=O)C(C)(C)C.CC(C)(C)CCOCCNC(=O)C(C)(C)C.CC(C)(C)COCCCNC(=O)OCC(C)(C)C. The van der Waals surface area contributed by atoms with E-state index in [0.29, 0.717) is 43.7 Å². The lowest BCUT2D eigenvalue weighted by molar-refractivity contribution is -0.129. The first-order valence-corrected chi connectivity index (χ1v) is 18.0. The Morgan fingerprint density at radius 2 is 0.843 bits per heavy atom. The highest BCUT2D eigenvalue weighted by Crippen LogP contribution is 2.20. The van der Waals surface area contributed by atoms with Crippen LogP contribution in [0.4, 0.5) is 4.79 Å². The topological polar surface area (TPSA) is 115 Å². The Labute approximate surface area is 319 Å². The van der Waals surface area contributed by atoms with E-state index in [2.05, 4.69) is 78.3 Å². The van der Waals surface area contributed by atoms with E-state index in [4.69, 9.17) is 14.2 Å². The molecule has 312 valence electrons. The molecule has 0 saturated carbocycles. The second-order valence-electron chi connectivity index (χ2n) is 19.6. The van der Waals surface area contributed by atoms with E-state index in [0.717, 1.165) is 45.4 Å². The van der Waals surface area contributed by atoms with Crippen molar-refractivity contribution in [1.29, 1.82) is 0 Å². The molecule has 9 heteroatoms. The number of hydrogen-bond acceptors (Lipinski definition) is 6. The molecule has 9 nitrogen and oxygen atoms in total. The van der Waals surface area contributed by atoms with Crippen LogP contribution < -0.4 is 16.0 Å². The van der Waals surface area contributed by atoms with Gasteiger partial charge >= 0.3 is 6.09 Å². The molecule has 3 N–H and O–H groups in total. The Balaban J connectivity index is -0.000000146. The van der Waals surface area contributed by atoms with Crippen LogP contribution in [0, 0.1) is 32.5 Å². The first-order chi connectivity index (χ1) is 21.4. The molecule has 0 spiro atoms. The van der Waals surface area contributed by atoms with Gasteiger partial charge in [0, 0.05) is 43.7 Å². The minimum atomic E-state index is -0.347. The number of rotatable bonds is 14. The van der Waals surface area contributed by atoms with Gasteiger partial charge in [-0.25, -0.2) is 4.79 Å². The molecule has 0 aromatic heterocycles. The van der Waals surface area contributed by atoms with Crippen molar-refractivity contribution in [2.24, 2.45) is 32.5 Å². The Kier molecular flexibility index (Phi) is 34.3. The predicted molar refractivity (Wildman–Crippen MR) is 222 cm³/mol. The highest BCUT2D eigenvalue weighted by molar-refractivity contribution is 5.81. The number of ether oxygens (including phenoxy) is 3. The van der Waals surface area contributed by atoms with Crippen molar-refractivity contribution < 1.29 is 28.6 Å². The summed E-state index contributed by atoms with van der Waals surface area (Å²) < 4.78 is 16.0. The molecule has 0 aliphatic rings. The number of amides is 3. The van der Waals surface area contributed by atoms with Crippen LogP contribution in [0.1, 0.15) is 173 Å². The van der Waals surface area contributed by atoms with Crippen LogP contribution in [-0.2, 0) is 23.8 Å². The van der Waals surface area contributed by atoms with Crippen LogP contribution in [0.25, 0.3) is 0 Å². The zero-order valence-electron chi connectivity index (χ0n) is 34.9. The molecule has 0 atom stereocenters. The van der Waals surface area contributed by atoms with Crippen molar-refractivity contribution in [2.75, 3.05) is 52.7 Å². The third-order valence-electron chi connectivity index (χ3n) is 6.19. The van der Waals surface area contributed by atoms with Crippen LogP contribution >= 0.6 is 0 Å². The summed E-state index contributed by atoms with van der Waals surface area (Å²) in [4.78, 5) is 34.3. The number of alkyl carbamates (subject to hydrolysis) is 1. The standard InChI is InChI=1S/C14H29NO3.C13H27NO2.C12H25NO.3CH4/c1-13(2,3)10-17-9-7-8-15-12(16)18-11-14(4,5)6;1-12(2,3)7-9-16-10-8-14-11(15)13(4,5)6;1-11(2,3)8-7-9-13-10(14)12(4,5)6;;;/h7-11H2,1-6H3,(H,15,16);7-10H2,1-6H3,(H,14,15);7-9H2,1-6H3,(H,13,14);3*1H4. The summed E-state index contributed by atoms with van der Waals surface area (Å²) in [6, 6.07) is 0. The average Bonchev–Trinajstić information content (AvgIpc) is 2.86. The second-order valence-corrected chi connectivity index (χ2v) is 19.6. The maximum absolute atomic E-state index is 11.5. The summed E-state index contributed by atoms with van der Waals surface area (Å²) in [5.74, 6) is 0.221. The monoisotopic (exact) mass is 736 g/mol. The van der Waals surface area contributed by atoms with E-state index in [1.807, 2.05) is 62.3 Å². The first-order valence-electron chi connectivity index (χ1n) is 18.0. The maximum Gasteiger partial charge on any atom is 0.407 e. The van der Waals surface area contributed by atoms with E-state index >= 15 is 0 Å². The van der Waals surface area contributed by atoms with Gasteiger partial charge in [-0.2, -0.15) is 0 Å². The van der Waals surface area contributed by atoms with Crippen molar-refractivity contribution >= 4 is 17.9 Å². The molecule has 0 rings (SSSR count). The van der Waals surface area contributed by atoms with Gasteiger partial charge in [-0.3, -0.25) is 9.59 Å². The molecule has 0 unspecified atom stereocenters. The average molecular weight is 736 g/mol. The van der Waals surface area contributed by atoms with E-state index in [-0.39, 0.29) is 61.8 Å². The third kappa shape index (κ3) is 52.6. The lowest BCUT2D eigenvalue weighted by Crippen LogP contribution is -2.36. The Hall–Kier alpha value is -1.87. The van der Waals surface area contributed by atoms with Crippen molar-refractivity contribution in [2.45, 2.75) is 173 Å². The first kappa shape index (κ1) is 61.2. The van der Waals surface area contributed by atoms with Gasteiger partial charge in [-0.15, -0.1) is 0 Å². The van der Waals surface area contributed by atoms with E-state index < -0.39 is 0 Å². The minimum absolute atomic E-state index is 0. The van der Waals surface area contributed by atoms with Crippen LogP contribution in [0.15, 0.2) is 0 Å². The number of carbonyl (C=O) groups excluding carboxylic acids is 3. The van der Waals surface area contributed by atoms with Crippen LogP contribution in [0.5, 0.6) is 0 Å². The van der Waals surface area contributed by atoms with E-state index in [9.17, 15) is 14.4 Å². The maximum atomic E-state index is 11.5. The number of nitrogens with one attached hydrogen (secondary N) is 3. The van der Waals surface area contributed by atoms with Gasteiger partial charge in [0.05, 0.1) is 19.8 Å². The van der Waals surface area contributed by atoms with Gasteiger partial charge in [0.1, 0.15) is 0 Å². The van der Waals surface area contributed by atoms with Gasteiger partial charge in [0.25, 0.3) is 0 Å². The van der Waals surface area contributed by atoms with Crippen LogP contribution in [0.2, 0.25) is 0 Å². The summed E-state index contributed by atoms with van der Waals surface area (Å²) in [6.45, 7) is 42.4. The summed E-state index contributed by atoms with van der Waals surface area (Å²) in [6.07, 6.45) is 3.71. The molecule has 0 fully saturated rings. The summed E-state index contributed by atoms with van der Waals surface area (Å²) in [5, 5.41) is 8.52. The lowest BCUT2D eigenvalue weighted by Gasteiger charge is -2.20. The molecule has 0 radical (unpaired) electrons. The predicted octanol–water partition coefficient (Wildman–Crippen LogP) is 10.7. The molecular formula is C42H93N3O6. The molecule has 0 aliphatic heterocycles. The number of carbonyl (C=O) groups is 3. The molecular weight excluding hydrogens is 642 g/mol. The Bertz CT molecular complexity index is 862. The summed E-state index contributed by atoms with van der Waals surface area (Å²) in [7, 11) is 0. The summed E-state index contributed by atoms with van der Waals surface area (Å²) in [5.41, 5.74) is 0.306. The van der Waals surface area contributed by atoms with E-state index in [1.165, 1.54) is 0 Å². The fourth-order valence-corrected chi connectivity index (χ4v) is 3.14. The Morgan fingerprint density at radius 3 is 1.24 bits per heavy atom. The fraction of sp³-hybridized carbons (Fsp3) is 0.929. The smallest absolute Gasteiger partial charge is 0.407 e. The quantitative estimate of drug-likeness (QED) is 0.153. The Morgan fingerprint density at radius 1 is 0.431 bits per heavy atom. The van der Waals surface area contributed by atoms with Crippen molar-refractivity contribution in [3.8, 4) is 0 Å². The van der Waals surface area contributed by atoms with Gasteiger partial charge in [0.15, 0.2) is 0 Å². The molecule has 0 saturated heterocycles. The van der Waals surface area contributed by atoms with Crippen molar-refractivity contribution in [1.82, 2.24) is 16.0 Å². The third-order valence-corrected chi connectivity index (χ3v) is 6.19. The zero-order chi connectivity index (χ0) is 38.5. The van der Waals surface area contributed by atoms with Crippen molar-refractivity contribution in [3.63, 3.8) is 0 Å². The molecule has 0 bridgehead atoms. The summed E-state index contributed by atoms with van der Waals surface area (Å²) >= 11 is 0. The number of hydrogen-bond donors (Lipinski definition) is 3. The highest BCUT2D eigenvalue weighted by Gasteiger charge is 2.21. The highest BCUT2D eigenvalue weighted by atomic mass is 16.5. The molecule has 51 heavy (non-hydrogen) atoms. The largest absolute Gasteiger partial charge is 0.449 e.